The summed E-state index contributed by atoms with van der Waals surface area (Å²) < 4.78 is 53.1. The quantitative estimate of drug-likeness (QED) is 0.658. The lowest BCUT2D eigenvalue weighted by atomic mass is 10.1. The van der Waals surface area contributed by atoms with Crippen molar-refractivity contribution in [1.82, 2.24) is 15.1 Å². The van der Waals surface area contributed by atoms with E-state index in [0.717, 1.165) is 37.4 Å². The van der Waals surface area contributed by atoms with Crippen LogP contribution in [0.25, 0.3) is 0 Å². The van der Waals surface area contributed by atoms with Crippen LogP contribution >= 0.6 is 24.8 Å². The topological polar surface area (TPSA) is 35.6 Å². The van der Waals surface area contributed by atoms with E-state index in [9.17, 15) is 22.4 Å². The zero-order valence-corrected chi connectivity index (χ0v) is 17.7. The van der Waals surface area contributed by atoms with Crippen molar-refractivity contribution in [3.8, 4) is 0 Å². The monoisotopic (exact) mass is 467 g/mol. The summed E-state index contributed by atoms with van der Waals surface area (Å²) in [7, 11) is 0. The number of amides is 1. The summed E-state index contributed by atoms with van der Waals surface area (Å²) in [5, 5.41) is 2.68. The Morgan fingerprint density at radius 2 is 1.47 bits per heavy atom. The van der Waals surface area contributed by atoms with Gasteiger partial charge in [0.15, 0.2) is 11.6 Å². The van der Waals surface area contributed by atoms with E-state index in [0.29, 0.717) is 38.3 Å². The standard InChI is InChI=1S/C20H21F4N3O.2ClH/c21-16-2-4-17(22)15(11-16)13-27-9-7-26(8-10-27)6-5-25-20(28)14-1-3-18(23)19(24)12-14;;/h1-4,11-12H,5-10,13H2,(H,25,28);2*1H. The van der Waals surface area contributed by atoms with Crippen LogP contribution in [0.4, 0.5) is 17.6 Å². The van der Waals surface area contributed by atoms with Gasteiger partial charge in [0, 0.05) is 56.9 Å². The first kappa shape index (κ1) is 26.2. The number of piperazine rings is 1. The van der Waals surface area contributed by atoms with E-state index < -0.39 is 29.2 Å². The third-order valence-corrected chi connectivity index (χ3v) is 4.76. The predicted octanol–water partition coefficient (Wildman–Crippen LogP) is 3.63. The summed E-state index contributed by atoms with van der Waals surface area (Å²) in [5.41, 5.74) is 0.410. The molecule has 0 radical (unpaired) electrons. The van der Waals surface area contributed by atoms with Crippen LogP contribution in [0.3, 0.4) is 0 Å². The maximum atomic E-state index is 13.7. The Morgan fingerprint density at radius 1 is 0.833 bits per heavy atom. The Hall–Kier alpha value is -1.87. The summed E-state index contributed by atoms with van der Waals surface area (Å²) in [5.74, 6) is -3.37. The second-order valence-electron chi connectivity index (χ2n) is 6.74. The fourth-order valence-electron chi connectivity index (χ4n) is 3.14. The lowest BCUT2D eigenvalue weighted by molar-refractivity contribution is 0.0933. The molecular formula is C20H23Cl2F4N3O. The average Bonchev–Trinajstić information content (AvgIpc) is 2.68. The number of hydrogen-bond acceptors (Lipinski definition) is 3. The first-order chi connectivity index (χ1) is 13.4. The molecule has 0 aromatic heterocycles. The molecule has 3 rings (SSSR count). The van der Waals surface area contributed by atoms with Crippen LogP contribution in [0, 0.1) is 23.3 Å². The van der Waals surface area contributed by atoms with Gasteiger partial charge in [-0.1, -0.05) is 0 Å². The van der Waals surface area contributed by atoms with Crippen molar-refractivity contribution in [2.24, 2.45) is 0 Å². The van der Waals surface area contributed by atoms with Crippen molar-refractivity contribution in [3.05, 3.63) is 70.8 Å². The molecule has 10 heteroatoms. The Balaban J connectivity index is 0.00000225. The molecule has 4 nitrogen and oxygen atoms in total. The van der Waals surface area contributed by atoms with Gasteiger partial charge in [0.1, 0.15) is 11.6 Å². The third-order valence-electron chi connectivity index (χ3n) is 4.76. The first-order valence-corrected chi connectivity index (χ1v) is 9.04. The highest BCUT2D eigenvalue weighted by Gasteiger charge is 2.18. The Kier molecular flexibility index (Phi) is 10.6. The SMILES string of the molecule is Cl.Cl.O=C(NCCN1CCN(Cc2cc(F)ccc2F)CC1)c1ccc(F)c(F)c1. The van der Waals surface area contributed by atoms with E-state index in [1.807, 2.05) is 4.90 Å². The van der Waals surface area contributed by atoms with Crippen LogP contribution in [0.1, 0.15) is 15.9 Å². The van der Waals surface area contributed by atoms with E-state index in [1.54, 1.807) is 0 Å². The van der Waals surface area contributed by atoms with Crippen molar-refractivity contribution >= 4 is 30.7 Å². The molecule has 0 aliphatic carbocycles. The smallest absolute Gasteiger partial charge is 0.251 e. The van der Waals surface area contributed by atoms with Gasteiger partial charge in [-0.25, -0.2) is 17.6 Å². The molecule has 0 atom stereocenters. The van der Waals surface area contributed by atoms with Crippen molar-refractivity contribution in [1.29, 1.82) is 0 Å². The van der Waals surface area contributed by atoms with Crippen LogP contribution in [0.15, 0.2) is 36.4 Å². The van der Waals surface area contributed by atoms with Gasteiger partial charge in [-0.15, -0.1) is 24.8 Å². The van der Waals surface area contributed by atoms with Gasteiger partial charge >= 0.3 is 0 Å². The van der Waals surface area contributed by atoms with Gasteiger partial charge in [-0.2, -0.15) is 0 Å². The van der Waals surface area contributed by atoms with Crippen molar-refractivity contribution in [3.63, 3.8) is 0 Å². The lowest BCUT2D eigenvalue weighted by Crippen LogP contribution is -2.48. The highest BCUT2D eigenvalue weighted by molar-refractivity contribution is 5.94. The molecule has 166 valence electrons. The molecule has 0 saturated carbocycles. The van der Waals surface area contributed by atoms with E-state index in [-0.39, 0.29) is 30.4 Å². The minimum atomic E-state index is -1.06. The number of carbonyl (C=O) groups excluding carboxylic acids is 1. The number of halogens is 6. The molecule has 1 fully saturated rings. The molecule has 1 heterocycles. The fraction of sp³-hybridized carbons (Fsp3) is 0.350. The molecule has 30 heavy (non-hydrogen) atoms. The molecule has 0 spiro atoms. The number of hydrogen-bond donors (Lipinski definition) is 1. The first-order valence-electron chi connectivity index (χ1n) is 9.04. The largest absolute Gasteiger partial charge is 0.351 e. The Morgan fingerprint density at radius 3 is 2.13 bits per heavy atom. The van der Waals surface area contributed by atoms with E-state index in [2.05, 4.69) is 10.2 Å². The minimum Gasteiger partial charge on any atom is -0.351 e. The minimum absolute atomic E-state index is 0. The van der Waals surface area contributed by atoms with Crippen LogP contribution in [-0.4, -0.2) is 55.0 Å². The van der Waals surface area contributed by atoms with Crippen LogP contribution in [0.2, 0.25) is 0 Å². The molecule has 0 bridgehead atoms. The lowest BCUT2D eigenvalue weighted by Gasteiger charge is -2.34. The van der Waals surface area contributed by atoms with Crippen LogP contribution in [-0.2, 0) is 6.54 Å². The predicted molar refractivity (Wildman–Crippen MR) is 111 cm³/mol. The molecule has 1 saturated heterocycles. The normalized spacial score (nSPS) is 14.5. The Labute approximate surface area is 185 Å². The van der Waals surface area contributed by atoms with Crippen molar-refractivity contribution in [2.45, 2.75) is 6.54 Å². The number of benzene rings is 2. The molecular weight excluding hydrogens is 445 g/mol. The number of carbonyl (C=O) groups is 1. The fourth-order valence-corrected chi connectivity index (χ4v) is 3.14. The maximum Gasteiger partial charge on any atom is 0.251 e. The van der Waals surface area contributed by atoms with Gasteiger partial charge in [0.25, 0.3) is 5.91 Å². The zero-order valence-electron chi connectivity index (χ0n) is 16.0. The second kappa shape index (κ2) is 12.1. The number of nitrogens with zero attached hydrogens (tertiary/aromatic N) is 2. The maximum absolute atomic E-state index is 13.7. The highest BCUT2D eigenvalue weighted by Crippen LogP contribution is 2.14. The molecule has 1 N–H and O–H groups in total. The van der Waals surface area contributed by atoms with Crippen molar-refractivity contribution in [2.75, 3.05) is 39.3 Å². The molecule has 1 aliphatic heterocycles. The molecule has 2 aromatic carbocycles. The molecule has 1 amide bonds. The van der Waals surface area contributed by atoms with Gasteiger partial charge in [0.05, 0.1) is 0 Å². The second-order valence-corrected chi connectivity index (χ2v) is 6.74. The Bertz CT molecular complexity index is 849. The van der Waals surface area contributed by atoms with E-state index >= 15 is 0 Å². The highest BCUT2D eigenvalue weighted by atomic mass is 35.5. The zero-order chi connectivity index (χ0) is 20.1. The van der Waals surface area contributed by atoms with Gasteiger partial charge in [-0.05, 0) is 36.4 Å². The van der Waals surface area contributed by atoms with Gasteiger partial charge in [-0.3, -0.25) is 14.6 Å². The van der Waals surface area contributed by atoms with Gasteiger partial charge < -0.3 is 5.32 Å². The summed E-state index contributed by atoms with van der Waals surface area (Å²) in [6.45, 7) is 4.20. The van der Waals surface area contributed by atoms with Crippen molar-refractivity contribution < 1.29 is 22.4 Å². The summed E-state index contributed by atoms with van der Waals surface area (Å²) >= 11 is 0. The summed E-state index contributed by atoms with van der Waals surface area (Å²) in [6.07, 6.45) is 0. The van der Waals surface area contributed by atoms with E-state index in [4.69, 9.17) is 0 Å². The summed E-state index contributed by atoms with van der Waals surface area (Å²) in [6, 6.07) is 6.48. The molecule has 1 aliphatic rings. The number of rotatable bonds is 6. The van der Waals surface area contributed by atoms with Crippen LogP contribution in [0.5, 0.6) is 0 Å². The molecule has 2 aromatic rings. The van der Waals surface area contributed by atoms with Crippen LogP contribution < -0.4 is 5.32 Å². The van der Waals surface area contributed by atoms with Gasteiger partial charge in [0.2, 0.25) is 0 Å². The third kappa shape index (κ3) is 7.12. The summed E-state index contributed by atoms with van der Waals surface area (Å²) in [4.78, 5) is 16.2. The molecule has 0 unspecified atom stereocenters. The van der Waals surface area contributed by atoms with E-state index in [1.165, 1.54) is 12.1 Å². The average molecular weight is 468 g/mol. The number of nitrogens with one attached hydrogen (secondary N) is 1.